The van der Waals surface area contributed by atoms with Crippen molar-refractivity contribution >= 4 is 17.7 Å². The molecule has 9 heteroatoms. The summed E-state index contributed by atoms with van der Waals surface area (Å²) in [6, 6.07) is 12.2. The molecule has 0 saturated carbocycles. The quantitative estimate of drug-likeness (QED) is 0.216. The Morgan fingerprint density at radius 2 is 1.98 bits per heavy atom. The molecule has 1 heterocycles. The number of nitrogens with zero attached hydrogens (tertiary/aromatic N) is 1. The Bertz CT molecular complexity index is 1170. The zero-order valence-electron chi connectivity index (χ0n) is 23.6. The molecule has 1 unspecified atom stereocenters. The maximum atomic E-state index is 13.9. The van der Waals surface area contributed by atoms with E-state index >= 15 is 0 Å². The highest BCUT2D eigenvalue weighted by Crippen LogP contribution is 2.37. The van der Waals surface area contributed by atoms with E-state index in [1.807, 2.05) is 37.3 Å². The molecule has 216 valence electrons. The van der Waals surface area contributed by atoms with Gasteiger partial charge >= 0.3 is 6.09 Å². The van der Waals surface area contributed by atoms with Gasteiger partial charge in [-0.15, -0.1) is 0 Å². The number of unbranched alkanes of at least 4 members (excludes halogenated alkanes) is 2. The lowest BCUT2D eigenvalue weighted by atomic mass is 10.1. The molecule has 9 nitrogen and oxygen atoms in total. The van der Waals surface area contributed by atoms with E-state index < -0.39 is 18.0 Å². The summed E-state index contributed by atoms with van der Waals surface area (Å²) >= 11 is 0. The van der Waals surface area contributed by atoms with Crippen LogP contribution in [0.15, 0.2) is 66.9 Å². The van der Waals surface area contributed by atoms with Gasteiger partial charge in [0.05, 0.1) is 37.1 Å². The van der Waals surface area contributed by atoms with Crippen molar-refractivity contribution in [3.05, 3.63) is 78.0 Å². The Kier molecular flexibility index (Phi) is 12.0. The number of amides is 2. The van der Waals surface area contributed by atoms with Gasteiger partial charge in [-0.1, -0.05) is 62.8 Å². The van der Waals surface area contributed by atoms with Crippen molar-refractivity contribution in [3.63, 3.8) is 0 Å². The second-order valence-corrected chi connectivity index (χ2v) is 9.51. The van der Waals surface area contributed by atoms with Crippen LogP contribution in [0, 0.1) is 0 Å². The Morgan fingerprint density at radius 1 is 1.20 bits per heavy atom. The van der Waals surface area contributed by atoms with Crippen LogP contribution < -0.4 is 14.8 Å². The third kappa shape index (κ3) is 8.34. The number of anilines is 1. The number of methoxy groups -OCH3 is 1. The molecule has 0 aliphatic carbocycles. The molecule has 2 atom stereocenters. The van der Waals surface area contributed by atoms with Gasteiger partial charge in [0.2, 0.25) is 0 Å². The van der Waals surface area contributed by atoms with E-state index in [9.17, 15) is 14.7 Å². The van der Waals surface area contributed by atoms with E-state index in [0.717, 1.165) is 30.4 Å². The zero-order valence-corrected chi connectivity index (χ0v) is 23.6. The van der Waals surface area contributed by atoms with Crippen LogP contribution >= 0.6 is 0 Å². The van der Waals surface area contributed by atoms with Crippen LogP contribution in [0.25, 0.3) is 0 Å². The largest absolute Gasteiger partial charge is 0.493 e. The van der Waals surface area contributed by atoms with Crippen LogP contribution in [0.1, 0.15) is 55.5 Å². The van der Waals surface area contributed by atoms with Crippen molar-refractivity contribution in [1.82, 2.24) is 4.90 Å². The second kappa shape index (κ2) is 15.7. The summed E-state index contributed by atoms with van der Waals surface area (Å²) < 4.78 is 22.6. The van der Waals surface area contributed by atoms with E-state index in [0.29, 0.717) is 24.5 Å². The molecule has 2 amide bonds. The summed E-state index contributed by atoms with van der Waals surface area (Å²) in [5.74, 6) is 0.243. The van der Waals surface area contributed by atoms with Gasteiger partial charge < -0.3 is 29.0 Å². The van der Waals surface area contributed by atoms with Gasteiger partial charge in [-0.25, -0.2) is 4.79 Å². The minimum atomic E-state index is -0.751. The van der Waals surface area contributed by atoms with Crippen molar-refractivity contribution < 1.29 is 33.6 Å². The first-order chi connectivity index (χ1) is 19.4. The third-order valence-electron chi connectivity index (χ3n) is 6.59. The molecule has 0 aromatic heterocycles. The number of rotatable bonds is 15. The lowest BCUT2D eigenvalue weighted by Crippen LogP contribution is -2.36. The number of aliphatic hydroxyl groups is 1. The highest BCUT2D eigenvalue weighted by Gasteiger charge is 2.33. The van der Waals surface area contributed by atoms with Crippen molar-refractivity contribution in [3.8, 4) is 11.5 Å². The first-order valence-electron chi connectivity index (χ1n) is 13.6. The lowest BCUT2D eigenvalue weighted by molar-refractivity contribution is 0.0726. The molecular formula is C31H40N2O7. The fourth-order valence-electron chi connectivity index (χ4n) is 4.34. The minimum absolute atomic E-state index is 0.00356. The van der Waals surface area contributed by atoms with Gasteiger partial charge in [-0.3, -0.25) is 10.1 Å². The summed E-state index contributed by atoms with van der Waals surface area (Å²) in [6.45, 7) is 8.30. The molecule has 0 fully saturated rings. The standard InChI is InChI=1S/C31H40N2O7/c1-5-7-11-15-38-22(3)24-16-25(20-34)33(19-24)30(35)26-17-28(37-4)29(40-21-23-12-9-8-10-13-23)18-27(26)32-31(36)39-14-6-2/h6,8-10,12-13,17-19,22,25,34H,2,5,7,11,14-16,20-21H2,1,3-4H3,(H,32,36)/t22?,25-/m0/s1. The Labute approximate surface area is 236 Å². The van der Waals surface area contributed by atoms with Crippen LogP contribution in [0.5, 0.6) is 11.5 Å². The van der Waals surface area contributed by atoms with Gasteiger partial charge in [0.1, 0.15) is 13.2 Å². The van der Waals surface area contributed by atoms with Crippen molar-refractivity contribution in [1.29, 1.82) is 0 Å². The average Bonchev–Trinajstić information content (AvgIpc) is 3.42. The van der Waals surface area contributed by atoms with Crippen molar-refractivity contribution in [2.75, 3.05) is 32.2 Å². The molecule has 1 aliphatic rings. The molecule has 2 aromatic rings. The summed E-state index contributed by atoms with van der Waals surface area (Å²) in [4.78, 5) is 27.8. The maximum Gasteiger partial charge on any atom is 0.411 e. The highest BCUT2D eigenvalue weighted by atomic mass is 16.5. The predicted molar refractivity (Wildman–Crippen MR) is 154 cm³/mol. The number of hydrogen-bond donors (Lipinski definition) is 2. The van der Waals surface area contributed by atoms with Crippen LogP contribution in [0.3, 0.4) is 0 Å². The fraction of sp³-hybridized carbons (Fsp3) is 0.419. The summed E-state index contributed by atoms with van der Waals surface area (Å²) in [5, 5.41) is 12.7. The summed E-state index contributed by atoms with van der Waals surface area (Å²) in [5.41, 5.74) is 2.20. The Balaban J connectivity index is 1.91. The third-order valence-corrected chi connectivity index (χ3v) is 6.59. The predicted octanol–water partition coefficient (Wildman–Crippen LogP) is 5.69. The fourth-order valence-corrected chi connectivity index (χ4v) is 4.34. The van der Waals surface area contributed by atoms with Crippen LogP contribution in [-0.2, 0) is 16.1 Å². The molecule has 40 heavy (non-hydrogen) atoms. The number of benzene rings is 2. The highest BCUT2D eigenvalue weighted by molar-refractivity contribution is 6.04. The topological polar surface area (TPSA) is 107 Å². The monoisotopic (exact) mass is 552 g/mol. The second-order valence-electron chi connectivity index (χ2n) is 9.51. The average molecular weight is 553 g/mol. The molecular weight excluding hydrogens is 512 g/mol. The normalized spacial score (nSPS) is 15.2. The molecule has 2 aromatic carbocycles. The maximum absolute atomic E-state index is 13.9. The van der Waals surface area contributed by atoms with E-state index in [2.05, 4.69) is 18.8 Å². The molecule has 3 rings (SSSR count). The number of hydrogen-bond acceptors (Lipinski definition) is 7. The van der Waals surface area contributed by atoms with Crippen LogP contribution in [0.4, 0.5) is 10.5 Å². The Morgan fingerprint density at radius 3 is 2.65 bits per heavy atom. The Hall–Kier alpha value is -3.82. The van der Waals surface area contributed by atoms with Crippen LogP contribution in [-0.4, -0.2) is 61.1 Å². The summed E-state index contributed by atoms with van der Waals surface area (Å²) in [6.07, 6.45) is 5.88. The number of aliphatic hydroxyl groups excluding tert-OH is 1. The molecule has 0 bridgehead atoms. The smallest absolute Gasteiger partial charge is 0.411 e. The van der Waals surface area contributed by atoms with Crippen molar-refractivity contribution in [2.24, 2.45) is 0 Å². The first-order valence-corrected chi connectivity index (χ1v) is 13.6. The zero-order chi connectivity index (χ0) is 28.9. The van der Waals surface area contributed by atoms with Crippen LogP contribution in [0.2, 0.25) is 0 Å². The van der Waals surface area contributed by atoms with E-state index in [4.69, 9.17) is 18.9 Å². The van der Waals surface area contributed by atoms with Gasteiger partial charge in [0.15, 0.2) is 11.5 Å². The molecule has 0 saturated heterocycles. The number of carbonyl (C=O) groups is 2. The van der Waals surface area contributed by atoms with Gasteiger partial charge in [0.25, 0.3) is 5.91 Å². The van der Waals surface area contributed by atoms with Crippen molar-refractivity contribution in [2.45, 2.75) is 58.3 Å². The first kappa shape index (κ1) is 30.7. The number of ether oxygens (including phenoxy) is 4. The molecule has 0 radical (unpaired) electrons. The van der Waals surface area contributed by atoms with E-state index in [-0.39, 0.29) is 37.2 Å². The van der Waals surface area contributed by atoms with E-state index in [1.165, 1.54) is 30.2 Å². The molecule has 1 aliphatic heterocycles. The lowest BCUT2D eigenvalue weighted by Gasteiger charge is -2.24. The van der Waals surface area contributed by atoms with Gasteiger partial charge in [0, 0.05) is 18.9 Å². The number of nitrogens with one attached hydrogen (secondary N) is 1. The summed E-state index contributed by atoms with van der Waals surface area (Å²) in [7, 11) is 1.48. The van der Waals surface area contributed by atoms with Gasteiger partial charge in [-0.2, -0.15) is 0 Å². The number of carbonyl (C=O) groups excluding carboxylic acids is 2. The SMILES string of the molecule is C=CCOC(=O)Nc1cc(OCc2ccccc2)c(OC)cc1C(=O)N1C=C(C(C)OCCCCC)C[C@H]1CO. The molecule has 2 N–H and O–H groups in total. The minimum Gasteiger partial charge on any atom is -0.493 e. The molecule has 0 spiro atoms. The van der Waals surface area contributed by atoms with Gasteiger partial charge in [-0.05, 0) is 37.0 Å². The van der Waals surface area contributed by atoms with E-state index in [1.54, 1.807) is 6.20 Å².